The number of esters is 2. The molecule has 0 aliphatic carbocycles. The van der Waals surface area contributed by atoms with E-state index in [1.54, 1.807) is 24.3 Å². The summed E-state index contributed by atoms with van der Waals surface area (Å²) in [6.45, 7) is 0. The summed E-state index contributed by atoms with van der Waals surface area (Å²) in [5.74, 6) is -1.19. The first-order valence-corrected chi connectivity index (χ1v) is 4.70. The SMILES string of the molecule is O=C1C=C(c2ccc(Br)cc2)C(=O)O1. The predicted octanol–water partition coefficient (Wildman–Crippen LogP) is 1.92. The zero-order valence-corrected chi connectivity index (χ0v) is 8.58. The molecule has 1 aliphatic rings. The molecule has 0 spiro atoms. The third kappa shape index (κ3) is 1.61. The van der Waals surface area contributed by atoms with E-state index in [1.807, 2.05) is 0 Å². The molecule has 0 N–H and O–H groups in total. The van der Waals surface area contributed by atoms with Gasteiger partial charge in [-0.2, -0.15) is 0 Å². The lowest BCUT2D eigenvalue weighted by Gasteiger charge is -1.98. The van der Waals surface area contributed by atoms with Gasteiger partial charge in [0.15, 0.2) is 0 Å². The van der Waals surface area contributed by atoms with E-state index in [9.17, 15) is 9.59 Å². The minimum Gasteiger partial charge on any atom is -0.386 e. The highest BCUT2D eigenvalue weighted by atomic mass is 79.9. The maximum absolute atomic E-state index is 11.1. The molecule has 1 heterocycles. The molecule has 3 nitrogen and oxygen atoms in total. The largest absolute Gasteiger partial charge is 0.386 e. The van der Waals surface area contributed by atoms with Gasteiger partial charge in [0.2, 0.25) is 0 Å². The fourth-order valence-electron chi connectivity index (χ4n) is 1.18. The molecule has 2 rings (SSSR count). The highest BCUT2D eigenvalue weighted by Crippen LogP contribution is 2.22. The van der Waals surface area contributed by atoms with Crippen LogP contribution in [0.2, 0.25) is 0 Å². The topological polar surface area (TPSA) is 43.4 Å². The quantitative estimate of drug-likeness (QED) is 0.567. The van der Waals surface area contributed by atoms with Crippen molar-refractivity contribution in [3.8, 4) is 0 Å². The van der Waals surface area contributed by atoms with E-state index in [0.29, 0.717) is 11.1 Å². The van der Waals surface area contributed by atoms with Crippen molar-refractivity contribution in [2.24, 2.45) is 0 Å². The van der Waals surface area contributed by atoms with Crippen molar-refractivity contribution >= 4 is 33.4 Å². The molecule has 1 aliphatic heterocycles. The number of benzene rings is 1. The number of cyclic esters (lactones) is 2. The van der Waals surface area contributed by atoms with Gasteiger partial charge < -0.3 is 4.74 Å². The first kappa shape index (κ1) is 9.15. The van der Waals surface area contributed by atoms with E-state index in [1.165, 1.54) is 6.08 Å². The molecule has 0 bridgehead atoms. The number of hydrogen-bond acceptors (Lipinski definition) is 3. The second kappa shape index (κ2) is 3.38. The average molecular weight is 253 g/mol. The molecule has 0 aromatic heterocycles. The molecule has 1 aromatic rings. The second-order valence-electron chi connectivity index (χ2n) is 2.77. The third-order valence-electron chi connectivity index (χ3n) is 1.83. The van der Waals surface area contributed by atoms with Crippen LogP contribution < -0.4 is 0 Å². The van der Waals surface area contributed by atoms with Crippen LogP contribution in [0.1, 0.15) is 5.56 Å². The monoisotopic (exact) mass is 252 g/mol. The van der Waals surface area contributed by atoms with Gasteiger partial charge in [-0.15, -0.1) is 0 Å². The first-order chi connectivity index (χ1) is 6.66. The van der Waals surface area contributed by atoms with Crippen molar-refractivity contribution in [2.45, 2.75) is 0 Å². The van der Waals surface area contributed by atoms with Crippen LogP contribution in [-0.4, -0.2) is 11.9 Å². The number of rotatable bonds is 1. The van der Waals surface area contributed by atoms with Gasteiger partial charge in [-0.1, -0.05) is 28.1 Å². The van der Waals surface area contributed by atoms with Crippen LogP contribution in [0.4, 0.5) is 0 Å². The summed E-state index contributed by atoms with van der Waals surface area (Å²) in [5, 5.41) is 0. The number of carbonyl (C=O) groups excluding carboxylic acids is 2. The minimum absolute atomic E-state index is 0.308. The van der Waals surface area contributed by atoms with Crippen LogP contribution in [0.25, 0.3) is 5.57 Å². The van der Waals surface area contributed by atoms with Crippen molar-refractivity contribution in [1.29, 1.82) is 0 Å². The van der Waals surface area contributed by atoms with Gasteiger partial charge in [-0.25, -0.2) is 9.59 Å². The fourth-order valence-corrected chi connectivity index (χ4v) is 1.45. The van der Waals surface area contributed by atoms with Gasteiger partial charge in [-0.05, 0) is 17.7 Å². The molecule has 14 heavy (non-hydrogen) atoms. The van der Waals surface area contributed by atoms with E-state index < -0.39 is 11.9 Å². The molecule has 0 fully saturated rings. The summed E-state index contributed by atoms with van der Waals surface area (Å²) in [4.78, 5) is 21.9. The summed E-state index contributed by atoms with van der Waals surface area (Å²) in [6, 6.07) is 7.09. The van der Waals surface area contributed by atoms with Gasteiger partial charge in [-0.3, -0.25) is 0 Å². The molecule has 0 saturated heterocycles. The van der Waals surface area contributed by atoms with Crippen molar-refractivity contribution in [3.63, 3.8) is 0 Å². The van der Waals surface area contributed by atoms with E-state index in [-0.39, 0.29) is 0 Å². The summed E-state index contributed by atoms with van der Waals surface area (Å²) < 4.78 is 5.29. The first-order valence-electron chi connectivity index (χ1n) is 3.90. The number of ether oxygens (including phenoxy) is 1. The minimum atomic E-state index is -0.604. The van der Waals surface area contributed by atoms with Crippen LogP contribution >= 0.6 is 15.9 Å². The average Bonchev–Trinajstić information content (AvgIpc) is 2.47. The lowest BCUT2D eigenvalue weighted by Crippen LogP contribution is -2.01. The Morgan fingerprint density at radius 3 is 2.21 bits per heavy atom. The molecular weight excluding hydrogens is 248 g/mol. The fraction of sp³-hybridized carbons (Fsp3) is 0. The Bertz CT molecular complexity index is 431. The van der Waals surface area contributed by atoms with Gasteiger partial charge in [0, 0.05) is 10.5 Å². The van der Waals surface area contributed by atoms with Gasteiger partial charge in [0.25, 0.3) is 0 Å². The van der Waals surface area contributed by atoms with Crippen molar-refractivity contribution in [1.82, 2.24) is 0 Å². The van der Waals surface area contributed by atoms with E-state index in [2.05, 4.69) is 20.7 Å². The van der Waals surface area contributed by atoms with E-state index in [0.717, 1.165) is 4.47 Å². The normalized spacial score (nSPS) is 15.4. The summed E-state index contributed by atoms with van der Waals surface area (Å²) in [6.07, 6.45) is 1.20. The Morgan fingerprint density at radius 2 is 1.71 bits per heavy atom. The van der Waals surface area contributed by atoms with Crippen LogP contribution in [0.15, 0.2) is 34.8 Å². The number of halogens is 1. The van der Waals surface area contributed by atoms with Crippen molar-refractivity contribution in [2.75, 3.05) is 0 Å². The Labute approximate surface area is 88.5 Å². The molecule has 0 saturated carbocycles. The lowest BCUT2D eigenvalue weighted by molar-refractivity contribution is -0.149. The molecule has 70 valence electrons. The highest BCUT2D eigenvalue weighted by Gasteiger charge is 2.24. The summed E-state index contributed by atoms with van der Waals surface area (Å²) in [7, 11) is 0. The van der Waals surface area contributed by atoms with Gasteiger partial charge in [0.05, 0.1) is 5.57 Å². The van der Waals surface area contributed by atoms with Crippen LogP contribution in [-0.2, 0) is 14.3 Å². The van der Waals surface area contributed by atoms with Crippen molar-refractivity contribution in [3.05, 3.63) is 40.4 Å². The molecule has 4 heteroatoms. The van der Waals surface area contributed by atoms with Gasteiger partial charge >= 0.3 is 11.9 Å². The Hall–Kier alpha value is -1.42. The smallest absolute Gasteiger partial charge is 0.346 e. The summed E-state index contributed by atoms with van der Waals surface area (Å²) >= 11 is 3.28. The number of hydrogen-bond donors (Lipinski definition) is 0. The maximum atomic E-state index is 11.1. The molecule has 0 amide bonds. The highest BCUT2D eigenvalue weighted by molar-refractivity contribution is 9.10. The van der Waals surface area contributed by atoms with Crippen LogP contribution in [0.5, 0.6) is 0 Å². The zero-order chi connectivity index (χ0) is 10.1. The lowest BCUT2D eigenvalue weighted by atomic mass is 10.1. The second-order valence-corrected chi connectivity index (χ2v) is 3.69. The predicted molar refractivity (Wildman–Crippen MR) is 53.2 cm³/mol. The van der Waals surface area contributed by atoms with Gasteiger partial charge in [0.1, 0.15) is 0 Å². The molecule has 1 aromatic carbocycles. The molecule has 0 atom stereocenters. The Balaban J connectivity index is 2.41. The number of carbonyl (C=O) groups is 2. The molecular formula is C10H5BrO3. The maximum Gasteiger partial charge on any atom is 0.346 e. The van der Waals surface area contributed by atoms with Crippen molar-refractivity contribution < 1.29 is 14.3 Å². The van der Waals surface area contributed by atoms with E-state index >= 15 is 0 Å². The third-order valence-corrected chi connectivity index (χ3v) is 2.36. The Kier molecular flexibility index (Phi) is 2.21. The zero-order valence-electron chi connectivity index (χ0n) is 6.99. The van der Waals surface area contributed by atoms with E-state index in [4.69, 9.17) is 0 Å². The van der Waals surface area contributed by atoms with Crippen LogP contribution in [0, 0.1) is 0 Å². The molecule has 0 radical (unpaired) electrons. The van der Waals surface area contributed by atoms with Crippen LogP contribution in [0.3, 0.4) is 0 Å². The Morgan fingerprint density at radius 1 is 1.07 bits per heavy atom. The standard InChI is InChI=1S/C10H5BrO3/c11-7-3-1-6(2-4-7)8-5-9(12)14-10(8)13/h1-5H. The molecule has 0 unspecified atom stereocenters. The summed E-state index contributed by atoms with van der Waals surface area (Å²) in [5.41, 5.74) is 0.992.